The van der Waals surface area contributed by atoms with E-state index < -0.39 is 20.0 Å². The Balaban J connectivity index is 2.05. The summed E-state index contributed by atoms with van der Waals surface area (Å²) in [5.74, 6) is 0. The molecule has 0 saturated carbocycles. The normalized spacial score (nSPS) is 12.0. The van der Waals surface area contributed by atoms with Crippen LogP contribution in [0.1, 0.15) is 5.56 Å². The average Bonchev–Trinajstić information content (AvgIpc) is 3.16. The minimum Gasteiger partial charge on any atom is -0.277 e. The van der Waals surface area contributed by atoms with Crippen LogP contribution in [0.15, 0.2) is 56.9 Å². The van der Waals surface area contributed by atoms with E-state index in [1.165, 1.54) is 24.3 Å². The van der Waals surface area contributed by atoms with Gasteiger partial charge in [0.2, 0.25) is 0 Å². The Hall–Kier alpha value is -1.49. The van der Waals surface area contributed by atoms with Crippen molar-refractivity contribution in [1.82, 2.24) is 0 Å². The van der Waals surface area contributed by atoms with Crippen molar-refractivity contribution in [2.75, 3.05) is 9.44 Å². The minimum atomic E-state index is -4.10. The zero-order valence-electron chi connectivity index (χ0n) is 14.6. The molecule has 2 N–H and O–H groups in total. The second-order valence-electron chi connectivity index (χ2n) is 5.86. The Morgan fingerprint density at radius 2 is 1.41 bits per heavy atom. The maximum Gasteiger partial charge on any atom is 0.271 e. The first-order valence-corrected chi connectivity index (χ1v) is 12.8. The molecule has 0 unspecified atom stereocenters. The van der Waals surface area contributed by atoms with E-state index in [9.17, 15) is 16.8 Å². The van der Waals surface area contributed by atoms with Gasteiger partial charge in [-0.2, -0.15) is 0 Å². The van der Waals surface area contributed by atoms with Gasteiger partial charge >= 0.3 is 0 Å². The number of aryl methyl sites for hydroxylation is 1. The zero-order chi connectivity index (χ0) is 21.4. The van der Waals surface area contributed by atoms with Gasteiger partial charge < -0.3 is 0 Å². The van der Waals surface area contributed by atoms with Crippen LogP contribution in [0.25, 0.3) is 0 Å². The van der Waals surface area contributed by atoms with E-state index in [0.717, 1.165) is 11.3 Å². The summed E-state index contributed by atoms with van der Waals surface area (Å²) in [7, 11) is -8.04. The molecule has 154 valence electrons. The smallest absolute Gasteiger partial charge is 0.271 e. The molecule has 0 aliphatic heterocycles. The largest absolute Gasteiger partial charge is 0.277 e. The Labute approximate surface area is 187 Å². The van der Waals surface area contributed by atoms with Gasteiger partial charge in [-0.1, -0.05) is 46.9 Å². The van der Waals surface area contributed by atoms with Crippen molar-refractivity contribution < 1.29 is 16.8 Å². The zero-order valence-corrected chi connectivity index (χ0v) is 19.3. The lowest BCUT2D eigenvalue weighted by Crippen LogP contribution is -2.18. The van der Waals surface area contributed by atoms with Crippen LogP contribution < -0.4 is 9.44 Å². The van der Waals surface area contributed by atoms with Crippen molar-refractivity contribution in [2.45, 2.75) is 16.0 Å². The van der Waals surface area contributed by atoms with Gasteiger partial charge in [0.15, 0.2) is 0 Å². The standard InChI is InChI=1S/C17H13Cl3N2O4S3/c1-10-4-5-11(18)7-16(10)28(23,24)21-14-8-12(19)13(20)9-15(14)22-29(25,26)17-3-2-6-27-17/h2-9,21-22H,1H3. The molecule has 0 fully saturated rings. The van der Waals surface area contributed by atoms with Crippen molar-refractivity contribution in [3.05, 3.63) is 68.5 Å². The fourth-order valence-corrected chi connectivity index (χ4v) is 6.36. The molecule has 6 nitrogen and oxygen atoms in total. The van der Waals surface area contributed by atoms with E-state index in [2.05, 4.69) is 9.44 Å². The molecule has 0 aliphatic carbocycles. The number of thiophene rings is 1. The van der Waals surface area contributed by atoms with Crippen molar-refractivity contribution >= 4 is 77.6 Å². The van der Waals surface area contributed by atoms with Crippen LogP contribution in [0.5, 0.6) is 0 Å². The second kappa shape index (κ2) is 8.33. The molecule has 0 spiro atoms. The van der Waals surface area contributed by atoms with Gasteiger partial charge in [-0.15, -0.1) is 11.3 Å². The van der Waals surface area contributed by atoms with Crippen molar-refractivity contribution in [3.8, 4) is 0 Å². The Kier molecular flexibility index (Phi) is 6.38. The molecule has 1 aromatic heterocycles. The molecule has 0 aliphatic rings. The Morgan fingerprint density at radius 3 is 1.97 bits per heavy atom. The molecule has 0 atom stereocenters. The molecular weight excluding hydrogens is 499 g/mol. The van der Waals surface area contributed by atoms with Gasteiger partial charge in [-0.3, -0.25) is 9.44 Å². The highest BCUT2D eigenvalue weighted by atomic mass is 35.5. The number of nitrogens with one attached hydrogen (secondary N) is 2. The first-order valence-electron chi connectivity index (χ1n) is 7.84. The number of rotatable bonds is 6. The summed E-state index contributed by atoms with van der Waals surface area (Å²) in [6.07, 6.45) is 0. The van der Waals surface area contributed by atoms with Gasteiger partial charge in [0, 0.05) is 5.02 Å². The number of anilines is 2. The van der Waals surface area contributed by atoms with Crippen LogP contribution in [0.3, 0.4) is 0 Å². The monoisotopic (exact) mass is 510 g/mol. The van der Waals surface area contributed by atoms with E-state index in [-0.39, 0.29) is 35.5 Å². The summed E-state index contributed by atoms with van der Waals surface area (Å²) >= 11 is 19.0. The lowest BCUT2D eigenvalue weighted by atomic mass is 10.2. The van der Waals surface area contributed by atoms with E-state index in [1.54, 1.807) is 30.5 Å². The molecule has 29 heavy (non-hydrogen) atoms. The summed E-state index contributed by atoms with van der Waals surface area (Å²) in [5, 5.41) is 1.95. The molecule has 0 amide bonds. The topological polar surface area (TPSA) is 92.3 Å². The van der Waals surface area contributed by atoms with Crippen LogP contribution in [-0.4, -0.2) is 16.8 Å². The lowest BCUT2D eigenvalue weighted by Gasteiger charge is -2.16. The summed E-state index contributed by atoms with van der Waals surface area (Å²) < 4.78 is 55.7. The van der Waals surface area contributed by atoms with E-state index in [4.69, 9.17) is 34.8 Å². The summed E-state index contributed by atoms with van der Waals surface area (Å²) in [4.78, 5) is -0.0527. The maximum absolute atomic E-state index is 12.9. The van der Waals surface area contributed by atoms with Gasteiger partial charge in [-0.05, 0) is 48.2 Å². The molecule has 0 saturated heterocycles. The molecule has 12 heteroatoms. The van der Waals surface area contributed by atoms with E-state index in [1.807, 2.05) is 0 Å². The van der Waals surface area contributed by atoms with Gasteiger partial charge in [0.25, 0.3) is 20.0 Å². The molecule has 1 heterocycles. The third kappa shape index (κ3) is 4.99. The molecule has 0 bridgehead atoms. The highest BCUT2D eigenvalue weighted by Gasteiger charge is 2.23. The first kappa shape index (κ1) is 22.2. The number of halogens is 3. The average molecular weight is 512 g/mol. The second-order valence-corrected chi connectivity index (χ2v) is 11.6. The van der Waals surface area contributed by atoms with Crippen molar-refractivity contribution in [1.29, 1.82) is 0 Å². The molecule has 2 aromatic carbocycles. The predicted molar refractivity (Wildman–Crippen MR) is 119 cm³/mol. The van der Waals surface area contributed by atoms with Crippen molar-refractivity contribution in [3.63, 3.8) is 0 Å². The molecule has 3 rings (SSSR count). The highest BCUT2D eigenvalue weighted by Crippen LogP contribution is 2.36. The van der Waals surface area contributed by atoms with E-state index >= 15 is 0 Å². The highest BCUT2D eigenvalue weighted by molar-refractivity contribution is 7.94. The van der Waals surface area contributed by atoms with Crippen LogP contribution in [-0.2, 0) is 20.0 Å². The van der Waals surface area contributed by atoms with Crippen LogP contribution in [0, 0.1) is 6.92 Å². The van der Waals surface area contributed by atoms with Crippen LogP contribution >= 0.6 is 46.1 Å². The summed E-state index contributed by atoms with van der Waals surface area (Å²) in [6.45, 7) is 1.61. The minimum absolute atomic E-state index is 0.0475. The fraction of sp³-hybridized carbons (Fsp3) is 0.0588. The molecule has 3 aromatic rings. The number of hydrogen-bond donors (Lipinski definition) is 2. The maximum atomic E-state index is 12.9. The Morgan fingerprint density at radius 1 is 0.828 bits per heavy atom. The lowest BCUT2D eigenvalue weighted by molar-refractivity contribution is 0.599. The number of hydrogen-bond acceptors (Lipinski definition) is 5. The van der Waals surface area contributed by atoms with Gasteiger partial charge in [0.1, 0.15) is 4.21 Å². The number of sulfonamides is 2. The predicted octanol–water partition coefficient (Wildman–Crippen LogP) is 5.62. The third-order valence-corrected chi connectivity index (χ3v) is 8.98. The Bertz CT molecular complexity index is 1280. The van der Waals surface area contributed by atoms with Crippen molar-refractivity contribution in [2.24, 2.45) is 0 Å². The third-order valence-electron chi connectivity index (χ3n) is 3.75. The van der Waals surface area contributed by atoms with Gasteiger partial charge in [-0.25, -0.2) is 16.8 Å². The van der Waals surface area contributed by atoms with Crippen LogP contribution in [0.4, 0.5) is 11.4 Å². The number of benzene rings is 2. The summed E-state index contributed by atoms with van der Waals surface area (Å²) in [6, 6.07) is 9.89. The van der Waals surface area contributed by atoms with Gasteiger partial charge in [0.05, 0.1) is 26.3 Å². The molecular formula is C17H13Cl3N2O4S3. The summed E-state index contributed by atoms with van der Waals surface area (Å²) in [5.41, 5.74) is 0.303. The quantitative estimate of drug-likeness (QED) is 0.449. The van der Waals surface area contributed by atoms with E-state index in [0.29, 0.717) is 5.56 Å². The first-order chi connectivity index (χ1) is 13.5. The molecule has 0 radical (unpaired) electrons. The van der Waals surface area contributed by atoms with Crippen LogP contribution in [0.2, 0.25) is 15.1 Å². The fourth-order valence-electron chi connectivity index (χ4n) is 2.39. The SMILES string of the molecule is Cc1ccc(Cl)cc1S(=O)(=O)Nc1cc(Cl)c(Cl)cc1NS(=O)(=O)c1cccs1.